The molecule has 3 rings (SSSR count). The minimum Gasteiger partial charge on any atom is -0.486 e. The second-order valence-corrected chi connectivity index (χ2v) is 7.86. The van der Waals surface area contributed by atoms with Gasteiger partial charge in [0.15, 0.2) is 11.5 Å². The average molecular weight is 430 g/mol. The normalized spacial score (nSPS) is 13.6. The Labute approximate surface area is 164 Å². The summed E-state index contributed by atoms with van der Waals surface area (Å²) < 4.78 is 74.5. The molecule has 2 aromatic carbocycles. The van der Waals surface area contributed by atoms with Crippen LogP contribution in [0.1, 0.15) is 5.56 Å². The number of rotatable bonds is 6. The number of benzene rings is 2. The molecule has 1 amide bonds. The quantitative estimate of drug-likeness (QED) is 0.735. The third-order valence-electron chi connectivity index (χ3n) is 3.88. The highest BCUT2D eigenvalue weighted by Crippen LogP contribution is 2.32. The standard InChI is InChI=1S/C18H17F3N2O5S/c19-18(20,21)11-22-17(24)9-12-1-3-13(4-2-12)23-29(25,26)14-5-6-15-16(10-14)28-8-7-27-15/h1-6,10,23H,7-9,11H2,(H,22,24). The first kappa shape index (κ1) is 20.8. The predicted molar refractivity (Wildman–Crippen MR) is 97.5 cm³/mol. The van der Waals surface area contributed by atoms with Crippen molar-refractivity contribution < 1.29 is 35.9 Å². The maximum absolute atomic E-state index is 12.6. The molecule has 0 saturated heterocycles. The Hall–Kier alpha value is -2.95. The summed E-state index contributed by atoms with van der Waals surface area (Å²) in [6.07, 6.45) is -4.74. The fourth-order valence-electron chi connectivity index (χ4n) is 2.54. The van der Waals surface area contributed by atoms with Gasteiger partial charge in [-0.1, -0.05) is 12.1 Å². The van der Waals surface area contributed by atoms with E-state index >= 15 is 0 Å². The predicted octanol–water partition coefficient (Wildman–Crippen LogP) is 2.48. The van der Waals surface area contributed by atoms with E-state index in [9.17, 15) is 26.4 Å². The summed E-state index contributed by atoms with van der Waals surface area (Å²) in [5.41, 5.74) is 0.672. The van der Waals surface area contributed by atoms with Gasteiger partial charge in [-0.15, -0.1) is 0 Å². The molecule has 0 saturated carbocycles. The Morgan fingerprint density at radius 3 is 2.31 bits per heavy atom. The number of nitrogens with one attached hydrogen (secondary N) is 2. The number of amides is 1. The number of hydrogen-bond acceptors (Lipinski definition) is 5. The Morgan fingerprint density at radius 1 is 1.00 bits per heavy atom. The molecule has 0 unspecified atom stereocenters. The maximum atomic E-state index is 12.6. The number of anilines is 1. The minimum atomic E-state index is -4.48. The fourth-order valence-corrected chi connectivity index (χ4v) is 3.62. The molecule has 29 heavy (non-hydrogen) atoms. The molecule has 1 aliphatic heterocycles. The van der Waals surface area contributed by atoms with Gasteiger partial charge >= 0.3 is 6.18 Å². The molecule has 11 heteroatoms. The summed E-state index contributed by atoms with van der Waals surface area (Å²) in [6, 6.07) is 9.99. The molecule has 0 atom stereocenters. The van der Waals surface area contributed by atoms with Gasteiger partial charge in [0.25, 0.3) is 10.0 Å². The number of carbonyl (C=O) groups excluding carboxylic acids is 1. The lowest BCUT2D eigenvalue weighted by Gasteiger charge is -2.19. The number of sulfonamides is 1. The molecule has 7 nitrogen and oxygen atoms in total. The van der Waals surface area contributed by atoms with Crippen molar-refractivity contribution in [2.75, 3.05) is 24.5 Å². The molecule has 0 aliphatic carbocycles. The number of fused-ring (bicyclic) bond motifs is 1. The summed E-state index contributed by atoms with van der Waals surface area (Å²) in [5, 5.41) is 1.77. The van der Waals surface area contributed by atoms with Gasteiger partial charge in [-0.25, -0.2) is 8.42 Å². The van der Waals surface area contributed by atoms with Gasteiger partial charge in [-0.05, 0) is 29.8 Å². The molecular weight excluding hydrogens is 413 g/mol. The summed E-state index contributed by atoms with van der Waals surface area (Å²) in [6.45, 7) is -0.695. The van der Waals surface area contributed by atoms with Crippen LogP contribution in [0.3, 0.4) is 0 Å². The van der Waals surface area contributed by atoms with Gasteiger partial charge in [0, 0.05) is 11.8 Å². The van der Waals surface area contributed by atoms with Gasteiger partial charge < -0.3 is 14.8 Å². The molecule has 0 aromatic heterocycles. The molecule has 0 radical (unpaired) electrons. The van der Waals surface area contributed by atoms with Crippen LogP contribution in [-0.4, -0.2) is 40.3 Å². The van der Waals surface area contributed by atoms with Crippen molar-refractivity contribution in [2.45, 2.75) is 17.5 Å². The summed E-state index contributed by atoms with van der Waals surface area (Å²) >= 11 is 0. The van der Waals surface area contributed by atoms with E-state index in [1.165, 1.54) is 42.5 Å². The Balaban J connectivity index is 1.63. The van der Waals surface area contributed by atoms with Crippen LogP contribution in [0.2, 0.25) is 0 Å². The molecule has 0 fully saturated rings. The third kappa shape index (κ3) is 5.76. The lowest BCUT2D eigenvalue weighted by molar-refractivity contribution is -0.138. The largest absolute Gasteiger partial charge is 0.486 e. The van der Waals surface area contributed by atoms with E-state index in [4.69, 9.17) is 9.47 Å². The minimum absolute atomic E-state index is 0.0163. The van der Waals surface area contributed by atoms with Crippen LogP contribution in [0.15, 0.2) is 47.4 Å². The van der Waals surface area contributed by atoms with Crippen LogP contribution < -0.4 is 19.5 Å². The van der Waals surface area contributed by atoms with Crippen molar-refractivity contribution in [1.82, 2.24) is 5.32 Å². The monoisotopic (exact) mass is 430 g/mol. The van der Waals surface area contributed by atoms with Crippen molar-refractivity contribution in [3.63, 3.8) is 0 Å². The van der Waals surface area contributed by atoms with Gasteiger partial charge in [0.2, 0.25) is 5.91 Å². The van der Waals surface area contributed by atoms with Crippen molar-refractivity contribution in [3.8, 4) is 11.5 Å². The summed E-state index contributed by atoms with van der Waals surface area (Å²) in [4.78, 5) is 11.5. The fraction of sp³-hybridized carbons (Fsp3) is 0.278. The van der Waals surface area contributed by atoms with Crippen molar-refractivity contribution in [2.24, 2.45) is 0 Å². The number of halogens is 3. The first-order valence-electron chi connectivity index (χ1n) is 8.47. The molecule has 2 N–H and O–H groups in total. The number of hydrogen-bond donors (Lipinski definition) is 2. The zero-order valence-electron chi connectivity index (χ0n) is 15.0. The number of ether oxygens (including phenoxy) is 2. The van der Waals surface area contributed by atoms with Crippen molar-refractivity contribution in [3.05, 3.63) is 48.0 Å². The van der Waals surface area contributed by atoms with Gasteiger partial charge in [-0.3, -0.25) is 9.52 Å². The highest BCUT2D eigenvalue weighted by molar-refractivity contribution is 7.92. The third-order valence-corrected chi connectivity index (χ3v) is 5.26. The SMILES string of the molecule is O=C(Cc1ccc(NS(=O)(=O)c2ccc3c(c2)OCCO3)cc1)NCC(F)(F)F. The maximum Gasteiger partial charge on any atom is 0.405 e. The van der Waals surface area contributed by atoms with Crippen molar-refractivity contribution >= 4 is 21.6 Å². The molecule has 156 valence electrons. The first-order valence-corrected chi connectivity index (χ1v) is 9.96. The smallest absolute Gasteiger partial charge is 0.405 e. The van der Waals surface area contributed by atoms with Crippen LogP contribution in [0.5, 0.6) is 11.5 Å². The van der Waals surface area contributed by atoms with Gasteiger partial charge in [0.1, 0.15) is 19.8 Å². The van der Waals surface area contributed by atoms with E-state index in [-0.39, 0.29) is 17.0 Å². The van der Waals surface area contributed by atoms with Crippen LogP contribution in [0.4, 0.5) is 18.9 Å². The second kappa shape index (κ2) is 8.19. The summed E-state index contributed by atoms with van der Waals surface area (Å²) in [7, 11) is -3.90. The molecule has 2 aromatic rings. The van der Waals surface area contributed by atoms with Gasteiger partial charge in [-0.2, -0.15) is 13.2 Å². The Kier molecular flexibility index (Phi) is 5.87. The zero-order chi connectivity index (χ0) is 21.1. The highest BCUT2D eigenvalue weighted by atomic mass is 32.2. The second-order valence-electron chi connectivity index (χ2n) is 6.18. The van der Waals surface area contributed by atoms with E-state index in [1.807, 2.05) is 0 Å². The van der Waals surface area contributed by atoms with Crippen LogP contribution in [0, 0.1) is 0 Å². The lowest BCUT2D eigenvalue weighted by Crippen LogP contribution is -2.34. The first-order chi connectivity index (χ1) is 13.6. The molecule has 0 spiro atoms. The van der Waals surface area contributed by atoms with E-state index in [0.29, 0.717) is 30.3 Å². The number of alkyl halides is 3. The topological polar surface area (TPSA) is 93.7 Å². The molecule has 1 heterocycles. The van der Waals surface area contributed by atoms with Crippen LogP contribution in [0.25, 0.3) is 0 Å². The van der Waals surface area contributed by atoms with E-state index in [2.05, 4.69) is 4.72 Å². The van der Waals surface area contributed by atoms with Crippen LogP contribution in [-0.2, 0) is 21.2 Å². The Morgan fingerprint density at radius 2 is 1.66 bits per heavy atom. The molecule has 1 aliphatic rings. The average Bonchev–Trinajstić information content (AvgIpc) is 2.67. The lowest BCUT2D eigenvalue weighted by atomic mass is 10.1. The summed E-state index contributed by atoms with van der Waals surface area (Å²) in [5.74, 6) is 0.00892. The molecular formula is C18H17F3N2O5S. The Bertz CT molecular complexity index is 992. The number of carbonyl (C=O) groups is 1. The molecule has 0 bridgehead atoms. The van der Waals surface area contributed by atoms with Crippen molar-refractivity contribution in [1.29, 1.82) is 0 Å². The van der Waals surface area contributed by atoms with E-state index in [0.717, 1.165) is 0 Å². The van der Waals surface area contributed by atoms with E-state index in [1.54, 1.807) is 5.32 Å². The highest BCUT2D eigenvalue weighted by Gasteiger charge is 2.27. The van der Waals surface area contributed by atoms with Crippen LogP contribution >= 0.6 is 0 Å². The zero-order valence-corrected chi connectivity index (χ0v) is 15.8. The van der Waals surface area contributed by atoms with Gasteiger partial charge in [0.05, 0.1) is 11.3 Å². The van der Waals surface area contributed by atoms with E-state index < -0.39 is 28.7 Å².